The zero-order valence-corrected chi connectivity index (χ0v) is 11.8. The average Bonchev–Trinajstić information content (AvgIpc) is 2.88. The lowest BCUT2D eigenvalue weighted by molar-refractivity contribution is -0.137. The lowest BCUT2D eigenvalue weighted by Gasteiger charge is -2.08. The number of nitrogens with zero attached hydrogens (tertiary/aromatic N) is 1. The molecule has 3 N–H and O–H groups in total. The molecule has 0 aliphatic heterocycles. The highest BCUT2D eigenvalue weighted by Gasteiger charge is 2.30. The maximum Gasteiger partial charge on any atom is 0.416 e. The molecule has 0 bridgehead atoms. The molecule has 112 valence electrons. The van der Waals surface area contributed by atoms with E-state index in [0.29, 0.717) is 5.01 Å². The van der Waals surface area contributed by atoms with Crippen molar-refractivity contribution in [1.29, 1.82) is 0 Å². The van der Waals surface area contributed by atoms with Crippen LogP contribution in [0.5, 0.6) is 0 Å². The number of hydrogen-bond donors (Lipinski definition) is 2. The number of benzene rings is 1. The molecule has 0 aliphatic carbocycles. The first-order valence-electron chi connectivity index (χ1n) is 5.97. The number of carbonyl (C=O) groups is 1. The number of carbonyl (C=O) groups excluding carboxylic acids is 1. The van der Waals surface area contributed by atoms with Gasteiger partial charge in [-0.1, -0.05) is 0 Å². The van der Waals surface area contributed by atoms with Gasteiger partial charge in [0.1, 0.15) is 10.7 Å². The molecule has 1 amide bonds. The number of halogens is 3. The fourth-order valence-electron chi connectivity index (χ4n) is 1.54. The Bertz CT molecular complexity index is 635. The van der Waals surface area contributed by atoms with Gasteiger partial charge in [-0.15, -0.1) is 11.3 Å². The van der Waals surface area contributed by atoms with E-state index >= 15 is 0 Å². The van der Waals surface area contributed by atoms with Gasteiger partial charge in [0.05, 0.1) is 11.6 Å². The Morgan fingerprint density at radius 3 is 2.43 bits per heavy atom. The minimum Gasteiger partial charge on any atom is -0.322 e. The highest BCUT2D eigenvalue weighted by molar-refractivity contribution is 7.09. The van der Waals surface area contributed by atoms with Gasteiger partial charge in [-0.3, -0.25) is 4.79 Å². The van der Waals surface area contributed by atoms with Crippen molar-refractivity contribution >= 4 is 22.9 Å². The van der Waals surface area contributed by atoms with Gasteiger partial charge < -0.3 is 11.1 Å². The van der Waals surface area contributed by atoms with E-state index in [-0.39, 0.29) is 17.4 Å². The summed E-state index contributed by atoms with van der Waals surface area (Å²) < 4.78 is 37.3. The SMILES string of the molecule is CC(N)c1nc(C(=O)Nc2ccc(C(F)(F)F)cc2)cs1. The molecule has 1 atom stereocenters. The Hall–Kier alpha value is -1.93. The van der Waals surface area contributed by atoms with Gasteiger partial charge in [-0.2, -0.15) is 13.2 Å². The maximum atomic E-state index is 12.4. The van der Waals surface area contributed by atoms with Crippen molar-refractivity contribution in [3.63, 3.8) is 0 Å². The summed E-state index contributed by atoms with van der Waals surface area (Å²) in [6, 6.07) is 3.93. The number of nitrogens with two attached hydrogens (primary N) is 1. The van der Waals surface area contributed by atoms with Crippen molar-refractivity contribution in [2.45, 2.75) is 19.1 Å². The third-order valence-corrected chi connectivity index (χ3v) is 3.66. The summed E-state index contributed by atoms with van der Waals surface area (Å²) in [6.45, 7) is 1.75. The lowest BCUT2D eigenvalue weighted by atomic mass is 10.2. The van der Waals surface area contributed by atoms with Crippen LogP contribution in [0, 0.1) is 0 Å². The molecule has 21 heavy (non-hydrogen) atoms. The molecule has 0 aliphatic rings. The first-order chi connectivity index (χ1) is 9.77. The molecule has 0 saturated carbocycles. The predicted octanol–water partition coefficient (Wildman–Crippen LogP) is 3.43. The van der Waals surface area contributed by atoms with E-state index in [1.165, 1.54) is 23.5 Å². The molecule has 0 saturated heterocycles. The Morgan fingerprint density at radius 2 is 1.95 bits per heavy atom. The van der Waals surface area contributed by atoms with Crippen molar-refractivity contribution in [1.82, 2.24) is 4.98 Å². The Labute approximate surface area is 122 Å². The van der Waals surface area contributed by atoms with Crippen molar-refractivity contribution in [3.05, 3.63) is 45.9 Å². The van der Waals surface area contributed by atoms with Crippen LogP contribution in [0.2, 0.25) is 0 Å². The molecular weight excluding hydrogens is 303 g/mol. The normalized spacial score (nSPS) is 13.0. The fraction of sp³-hybridized carbons (Fsp3) is 0.231. The first-order valence-corrected chi connectivity index (χ1v) is 6.85. The van der Waals surface area contributed by atoms with Crippen LogP contribution < -0.4 is 11.1 Å². The van der Waals surface area contributed by atoms with E-state index in [0.717, 1.165) is 12.1 Å². The van der Waals surface area contributed by atoms with E-state index in [2.05, 4.69) is 10.3 Å². The predicted molar refractivity (Wildman–Crippen MR) is 74.1 cm³/mol. The molecule has 4 nitrogen and oxygen atoms in total. The number of thiazole rings is 1. The maximum absolute atomic E-state index is 12.4. The highest BCUT2D eigenvalue weighted by atomic mass is 32.1. The van der Waals surface area contributed by atoms with Crippen molar-refractivity contribution in [3.8, 4) is 0 Å². The van der Waals surface area contributed by atoms with E-state index in [1.807, 2.05) is 0 Å². The zero-order chi connectivity index (χ0) is 15.6. The number of nitrogens with one attached hydrogen (secondary N) is 1. The smallest absolute Gasteiger partial charge is 0.322 e. The van der Waals surface area contributed by atoms with Crippen molar-refractivity contribution in [2.75, 3.05) is 5.32 Å². The quantitative estimate of drug-likeness (QED) is 0.912. The summed E-state index contributed by atoms with van der Waals surface area (Å²) in [6.07, 6.45) is -4.40. The Balaban J connectivity index is 2.08. The topological polar surface area (TPSA) is 68.0 Å². The standard InChI is InChI=1S/C13H12F3N3OS/c1-7(17)12-19-10(6-21-12)11(20)18-9-4-2-8(3-5-9)13(14,15)16/h2-7H,17H2,1H3,(H,18,20). The molecule has 0 spiro atoms. The van der Waals surface area contributed by atoms with Crippen LogP contribution in [-0.2, 0) is 6.18 Å². The largest absolute Gasteiger partial charge is 0.416 e. The van der Waals surface area contributed by atoms with Gasteiger partial charge in [-0.25, -0.2) is 4.98 Å². The number of alkyl halides is 3. The summed E-state index contributed by atoms with van der Waals surface area (Å²) in [5.41, 5.74) is 5.33. The molecule has 2 aromatic rings. The molecule has 8 heteroatoms. The third-order valence-electron chi connectivity index (χ3n) is 2.61. The van der Waals surface area contributed by atoms with E-state index in [4.69, 9.17) is 5.73 Å². The Kier molecular flexibility index (Phi) is 4.29. The zero-order valence-electron chi connectivity index (χ0n) is 10.9. The molecule has 1 heterocycles. The van der Waals surface area contributed by atoms with Crippen LogP contribution in [0.15, 0.2) is 29.6 Å². The van der Waals surface area contributed by atoms with E-state index < -0.39 is 17.6 Å². The number of anilines is 1. The second kappa shape index (κ2) is 5.82. The van der Waals surface area contributed by atoms with E-state index in [1.54, 1.807) is 12.3 Å². The van der Waals surface area contributed by atoms with Crippen LogP contribution in [0.4, 0.5) is 18.9 Å². The summed E-state index contributed by atoms with van der Waals surface area (Å²) in [5, 5.41) is 4.66. The molecule has 1 aromatic heterocycles. The van der Waals surface area contributed by atoms with Crippen LogP contribution in [0.25, 0.3) is 0 Å². The minimum absolute atomic E-state index is 0.187. The van der Waals surface area contributed by atoms with Gasteiger partial charge in [-0.05, 0) is 31.2 Å². The summed E-state index contributed by atoms with van der Waals surface area (Å²) in [7, 11) is 0. The van der Waals surface area contributed by atoms with Gasteiger partial charge >= 0.3 is 6.18 Å². The van der Waals surface area contributed by atoms with Crippen LogP contribution >= 0.6 is 11.3 Å². The number of rotatable bonds is 3. The third kappa shape index (κ3) is 3.79. The molecule has 0 radical (unpaired) electrons. The van der Waals surface area contributed by atoms with Gasteiger partial charge in [0.25, 0.3) is 5.91 Å². The van der Waals surface area contributed by atoms with Gasteiger partial charge in [0.15, 0.2) is 0 Å². The van der Waals surface area contributed by atoms with Crippen LogP contribution in [0.1, 0.15) is 34.0 Å². The number of aromatic nitrogens is 1. The fourth-order valence-corrected chi connectivity index (χ4v) is 2.30. The molecule has 1 aromatic carbocycles. The average molecular weight is 315 g/mol. The summed E-state index contributed by atoms with van der Waals surface area (Å²) in [5.74, 6) is -0.488. The monoisotopic (exact) mass is 315 g/mol. The molecule has 0 fully saturated rings. The van der Waals surface area contributed by atoms with Crippen LogP contribution in [0.3, 0.4) is 0 Å². The summed E-state index contributed by atoms with van der Waals surface area (Å²) in [4.78, 5) is 16.0. The van der Waals surface area contributed by atoms with Crippen LogP contribution in [-0.4, -0.2) is 10.9 Å². The summed E-state index contributed by atoms with van der Waals surface area (Å²) >= 11 is 1.26. The molecular formula is C13H12F3N3OS. The van der Waals surface area contributed by atoms with Crippen molar-refractivity contribution in [2.24, 2.45) is 5.73 Å². The van der Waals surface area contributed by atoms with Crippen molar-refractivity contribution < 1.29 is 18.0 Å². The van der Waals surface area contributed by atoms with Gasteiger partial charge in [0.2, 0.25) is 0 Å². The van der Waals surface area contributed by atoms with Gasteiger partial charge in [0, 0.05) is 11.1 Å². The second-order valence-corrected chi connectivity index (χ2v) is 5.28. The Morgan fingerprint density at radius 1 is 1.33 bits per heavy atom. The highest BCUT2D eigenvalue weighted by Crippen LogP contribution is 2.29. The second-order valence-electron chi connectivity index (χ2n) is 4.39. The lowest BCUT2D eigenvalue weighted by Crippen LogP contribution is -2.13. The van der Waals surface area contributed by atoms with E-state index in [9.17, 15) is 18.0 Å². The minimum atomic E-state index is -4.40. The first kappa shape index (κ1) is 15.5. The number of amides is 1. The molecule has 1 unspecified atom stereocenters. The molecule has 2 rings (SSSR count). The number of hydrogen-bond acceptors (Lipinski definition) is 4.